The highest BCUT2D eigenvalue weighted by Crippen LogP contribution is 2.18. The first-order chi connectivity index (χ1) is 8.09. The molecule has 0 saturated carbocycles. The topological polar surface area (TPSA) is 44.1 Å². The van der Waals surface area contributed by atoms with Crippen molar-refractivity contribution >= 4 is 5.78 Å². The summed E-state index contributed by atoms with van der Waals surface area (Å²) in [7, 11) is 1.90. The largest absolute Gasteiger partial charge is 0.501 e. The first-order valence-corrected chi connectivity index (χ1v) is 5.92. The predicted octanol–water partition coefficient (Wildman–Crippen LogP) is 1.84. The zero-order chi connectivity index (χ0) is 12.4. The maximum atomic E-state index is 12.1. The van der Waals surface area contributed by atoms with Crippen LogP contribution in [0.4, 0.5) is 0 Å². The van der Waals surface area contributed by atoms with Crippen LogP contribution in [-0.2, 0) is 23.0 Å². The standard InChI is InChI=1S/C13H18N2O2/c1-9-12(10(2)15(3)14-9)7-13(16)11-5-4-6-17-8-11/h8H,4-7H2,1-3H3. The molecule has 0 N–H and O–H groups in total. The van der Waals surface area contributed by atoms with Crippen molar-refractivity contribution in [2.75, 3.05) is 6.61 Å². The van der Waals surface area contributed by atoms with Gasteiger partial charge in [0.15, 0.2) is 5.78 Å². The minimum absolute atomic E-state index is 0.156. The molecule has 0 saturated heterocycles. The highest BCUT2D eigenvalue weighted by atomic mass is 16.5. The number of hydrogen-bond donors (Lipinski definition) is 0. The zero-order valence-corrected chi connectivity index (χ0v) is 10.6. The number of ether oxygens (including phenoxy) is 1. The quantitative estimate of drug-likeness (QED) is 0.801. The molecular formula is C13H18N2O2. The van der Waals surface area contributed by atoms with Crippen LogP contribution in [0, 0.1) is 13.8 Å². The van der Waals surface area contributed by atoms with E-state index in [1.165, 1.54) is 0 Å². The molecule has 2 heterocycles. The number of nitrogens with zero attached hydrogens (tertiary/aromatic N) is 2. The van der Waals surface area contributed by atoms with Gasteiger partial charge in [0.05, 0.1) is 18.6 Å². The van der Waals surface area contributed by atoms with Crippen LogP contribution in [0.1, 0.15) is 29.8 Å². The van der Waals surface area contributed by atoms with E-state index >= 15 is 0 Å². The van der Waals surface area contributed by atoms with E-state index in [0.29, 0.717) is 6.42 Å². The molecule has 0 atom stereocenters. The lowest BCUT2D eigenvalue weighted by molar-refractivity contribution is -0.115. The predicted molar refractivity (Wildman–Crippen MR) is 64.7 cm³/mol. The molecule has 0 aromatic carbocycles. The molecule has 4 nitrogen and oxygen atoms in total. The maximum absolute atomic E-state index is 12.1. The van der Waals surface area contributed by atoms with Crippen molar-refractivity contribution in [3.63, 3.8) is 0 Å². The summed E-state index contributed by atoms with van der Waals surface area (Å²) in [5.41, 5.74) is 3.85. The zero-order valence-electron chi connectivity index (χ0n) is 10.6. The van der Waals surface area contributed by atoms with Crippen molar-refractivity contribution in [3.8, 4) is 0 Å². The van der Waals surface area contributed by atoms with Crippen LogP contribution in [0.5, 0.6) is 0 Å². The Morgan fingerprint density at radius 1 is 1.53 bits per heavy atom. The van der Waals surface area contributed by atoms with Crippen LogP contribution in [0.2, 0.25) is 0 Å². The lowest BCUT2D eigenvalue weighted by atomic mass is 9.99. The number of rotatable bonds is 3. The smallest absolute Gasteiger partial charge is 0.166 e. The van der Waals surface area contributed by atoms with Gasteiger partial charge < -0.3 is 4.74 Å². The van der Waals surface area contributed by atoms with Gasteiger partial charge in [-0.3, -0.25) is 9.48 Å². The van der Waals surface area contributed by atoms with E-state index in [4.69, 9.17) is 4.74 Å². The fourth-order valence-corrected chi connectivity index (χ4v) is 2.12. The van der Waals surface area contributed by atoms with Crippen LogP contribution >= 0.6 is 0 Å². The molecule has 0 spiro atoms. The van der Waals surface area contributed by atoms with Gasteiger partial charge in [0.1, 0.15) is 0 Å². The summed E-state index contributed by atoms with van der Waals surface area (Å²) in [5.74, 6) is 0.156. The van der Waals surface area contributed by atoms with Gasteiger partial charge in [-0.15, -0.1) is 0 Å². The lowest BCUT2D eigenvalue weighted by Crippen LogP contribution is -2.12. The van der Waals surface area contributed by atoms with Gasteiger partial charge in [-0.25, -0.2) is 0 Å². The third kappa shape index (κ3) is 2.40. The molecule has 4 heteroatoms. The van der Waals surface area contributed by atoms with Crippen LogP contribution in [0.3, 0.4) is 0 Å². The number of hydrogen-bond acceptors (Lipinski definition) is 3. The average molecular weight is 234 g/mol. The number of carbonyl (C=O) groups excluding carboxylic acids is 1. The van der Waals surface area contributed by atoms with Crippen LogP contribution in [0.25, 0.3) is 0 Å². The average Bonchev–Trinajstić information content (AvgIpc) is 2.57. The molecule has 0 radical (unpaired) electrons. The van der Waals surface area contributed by atoms with E-state index in [1.54, 1.807) is 6.26 Å². The van der Waals surface area contributed by atoms with Crippen molar-refractivity contribution in [1.82, 2.24) is 9.78 Å². The normalized spacial score (nSPS) is 15.4. The van der Waals surface area contributed by atoms with Crippen LogP contribution in [-0.4, -0.2) is 22.2 Å². The summed E-state index contributed by atoms with van der Waals surface area (Å²) in [4.78, 5) is 12.1. The van der Waals surface area contributed by atoms with E-state index in [9.17, 15) is 4.79 Å². The molecule has 2 rings (SSSR count). The van der Waals surface area contributed by atoms with Crippen molar-refractivity contribution in [3.05, 3.63) is 28.8 Å². The van der Waals surface area contributed by atoms with Gasteiger partial charge in [0.2, 0.25) is 0 Å². The Labute approximate surface area is 101 Å². The van der Waals surface area contributed by atoms with Crippen LogP contribution < -0.4 is 0 Å². The van der Waals surface area contributed by atoms with Gasteiger partial charge in [0.25, 0.3) is 0 Å². The Bertz CT molecular complexity index is 472. The van der Waals surface area contributed by atoms with Crippen molar-refractivity contribution in [2.24, 2.45) is 7.05 Å². The number of aromatic nitrogens is 2. The maximum Gasteiger partial charge on any atom is 0.166 e. The minimum atomic E-state index is 0.156. The summed E-state index contributed by atoms with van der Waals surface area (Å²) in [5, 5.41) is 4.32. The summed E-state index contributed by atoms with van der Waals surface area (Å²) in [6.45, 7) is 4.66. The highest BCUT2D eigenvalue weighted by molar-refractivity contribution is 5.96. The van der Waals surface area contributed by atoms with Crippen LogP contribution in [0.15, 0.2) is 11.8 Å². The Morgan fingerprint density at radius 2 is 2.29 bits per heavy atom. The van der Waals surface area contributed by atoms with Gasteiger partial charge >= 0.3 is 0 Å². The molecule has 1 aromatic rings. The number of allylic oxidation sites excluding steroid dienone is 1. The third-order valence-corrected chi connectivity index (χ3v) is 3.29. The van der Waals surface area contributed by atoms with E-state index in [1.807, 2.05) is 25.6 Å². The number of aryl methyl sites for hydroxylation is 2. The molecule has 0 aliphatic carbocycles. The molecular weight excluding hydrogens is 216 g/mol. The molecule has 1 aromatic heterocycles. The molecule has 1 aliphatic rings. The SMILES string of the molecule is Cc1nn(C)c(C)c1CC(=O)C1=COCCC1. The Kier molecular flexibility index (Phi) is 3.31. The van der Waals surface area contributed by atoms with Gasteiger partial charge in [0, 0.05) is 30.3 Å². The Balaban J connectivity index is 2.15. The summed E-state index contributed by atoms with van der Waals surface area (Å²) in [6.07, 6.45) is 3.81. The summed E-state index contributed by atoms with van der Waals surface area (Å²) >= 11 is 0. The van der Waals surface area contributed by atoms with E-state index in [-0.39, 0.29) is 5.78 Å². The first kappa shape index (κ1) is 11.9. The second-order valence-electron chi connectivity index (χ2n) is 4.49. The van der Waals surface area contributed by atoms with Gasteiger partial charge in [-0.2, -0.15) is 5.10 Å². The second kappa shape index (κ2) is 4.73. The van der Waals surface area contributed by atoms with E-state index in [2.05, 4.69) is 5.10 Å². The Morgan fingerprint density at radius 3 is 2.82 bits per heavy atom. The van der Waals surface area contributed by atoms with E-state index < -0.39 is 0 Å². The molecule has 17 heavy (non-hydrogen) atoms. The molecule has 92 valence electrons. The third-order valence-electron chi connectivity index (χ3n) is 3.29. The number of carbonyl (C=O) groups is 1. The fraction of sp³-hybridized carbons (Fsp3) is 0.538. The monoisotopic (exact) mass is 234 g/mol. The van der Waals surface area contributed by atoms with Gasteiger partial charge in [-0.1, -0.05) is 0 Å². The van der Waals surface area contributed by atoms with Crippen molar-refractivity contribution in [2.45, 2.75) is 33.1 Å². The molecule has 0 bridgehead atoms. The molecule has 0 amide bonds. The van der Waals surface area contributed by atoms with Gasteiger partial charge in [-0.05, 0) is 26.7 Å². The first-order valence-electron chi connectivity index (χ1n) is 5.92. The molecule has 0 fully saturated rings. The molecule has 1 aliphatic heterocycles. The summed E-state index contributed by atoms with van der Waals surface area (Å²) < 4.78 is 7.03. The fourth-order valence-electron chi connectivity index (χ4n) is 2.12. The summed E-state index contributed by atoms with van der Waals surface area (Å²) in [6, 6.07) is 0. The van der Waals surface area contributed by atoms with Crippen molar-refractivity contribution in [1.29, 1.82) is 0 Å². The molecule has 0 unspecified atom stereocenters. The number of Topliss-reactive ketones (excluding diaryl/α,β-unsaturated/α-hetero) is 1. The number of ketones is 1. The highest BCUT2D eigenvalue weighted by Gasteiger charge is 2.18. The van der Waals surface area contributed by atoms with E-state index in [0.717, 1.165) is 42.0 Å². The van der Waals surface area contributed by atoms with Crippen molar-refractivity contribution < 1.29 is 9.53 Å². The second-order valence-corrected chi connectivity index (χ2v) is 4.49. The lowest BCUT2D eigenvalue weighted by Gasteiger charge is -2.12. The minimum Gasteiger partial charge on any atom is -0.501 e. The Hall–Kier alpha value is -1.58.